The molecule has 19 heavy (non-hydrogen) atoms. The highest BCUT2D eigenvalue weighted by molar-refractivity contribution is 7.90. The zero-order chi connectivity index (χ0) is 14.3. The van der Waals surface area contributed by atoms with E-state index in [2.05, 4.69) is 5.32 Å². The van der Waals surface area contributed by atoms with Crippen LogP contribution in [0.2, 0.25) is 0 Å². The first-order valence-corrected chi connectivity index (χ1v) is 8.59. The van der Waals surface area contributed by atoms with E-state index in [1.54, 1.807) is 6.92 Å². The van der Waals surface area contributed by atoms with E-state index in [1.807, 2.05) is 0 Å². The van der Waals surface area contributed by atoms with E-state index in [9.17, 15) is 18.0 Å². The molecule has 1 aliphatic heterocycles. The van der Waals surface area contributed by atoms with E-state index >= 15 is 0 Å². The maximum absolute atomic E-state index is 12.5. The van der Waals surface area contributed by atoms with Crippen LogP contribution in [0.25, 0.3) is 0 Å². The minimum atomic E-state index is -3.17. The molecule has 2 amide bonds. The summed E-state index contributed by atoms with van der Waals surface area (Å²) in [7, 11) is -3.17. The van der Waals surface area contributed by atoms with Crippen molar-refractivity contribution < 1.29 is 18.0 Å². The number of hydrogen-bond acceptors (Lipinski definition) is 4. The fourth-order valence-corrected chi connectivity index (χ4v) is 4.12. The molecule has 1 saturated carbocycles. The average molecular weight is 288 g/mol. The van der Waals surface area contributed by atoms with Crippen molar-refractivity contribution >= 4 is 21.7 Å². The summed E-state index contributed by atoms with van der Waals surface area (Å²) in [6.07, 6.45) is 4.28. The number of nitrogens with one attached hydrogen (secondary N) is 1. The third-order valence-electron chi connectivity index (χ3n) is 3.90. The van der Waals surface area contributed by atoms with Gasteiger partial charge in [0.25, 0.3) is 0 Å². The monoisotopic (exact) mass is 288 g/mol. The number of amides is 2. The lowest BCUT2D eigenvalue weighted by Gasteiger charge is -2.42. The molecule has 2 aliphatic rings. The number of piperazine rings is 1. The lowest BCUT2D eigenvalue weighted by molar-refractivity contribution is -0.151. The van der Waals surface area contributed by atoms with Crippen LogP contribution in [0.1, 0.15) is 32.6 Å². The molecule has 1 N–H and O–H groups in total. The molecule has 1 aliphatic carbocycles. The number of sulfone groups is 1. The van der Waals surface area contributed by atoms with Crippen LogP contribution >= 0.6 is 0 Å². The molecule has 2 rings (SSSR count). The summed E-state index contributed by atoms with van der Waals surface area (Å²) in [6, 6.07) is -0.467. The van der Waals surface area contributed by atoms with Crippen molar-refractivity contribution in [2.45, 2.75) is 44.2 Å². The first kappa shape index (κ1) is 14.3. The summed E-state index contributed by atoms with van der Waals surface area (Å²) in [5, 5.41) is 2.81. The molecule has 1 atom stereocenters. The maximum Gasteiger partial charge on any atom is 0.249 e. The average Bonchev–Trinajstić information content (AvgIpc) is 2.70. The van der Waals surface area contributed by atoms with Gasteiger partial charge in [-0.15, -0.1) is 0 Å². The molecule has 0 aromatic rings. The van der Waals surface area contributed by atoms with E-state index in [0.717, 1.165) is 19.1 Å². The molecule has 0 radical (unpaired) electrons. The van der Waals surface area contributed by atoms with E-state index in [0.29, 0.717) is 12.8 Å². The van der Waals surface area contributed by atoms with Crippen LogP contribution < -0.4 is 5.32 Å². The minimum Gasteiger partial charge on any atom is -0.340 e. The Morgan fingerprint density at radius 3 is 2.42 bits per heavy atom. The normalized spacial score (nSPS) is 24.6. The Balaban J connectivity index is 2.20. The van der Waals surface area contributed by atoms with Gasteiger partial charge in [0.1, 0.15) is 15.4 Å². The molecule has 0 aromatic heterocycles. The van der Waals surface area contributed by atoms with E-state index in [1.165, 1.54) is 4.90 Å². The van der Waals surface area contributed by atoms with Crippen LogP contribution in [-0.2, 0) is 19.4 Å². The predicted octanol–water partition coefficient (Wildman–Crippen LogP) is -0.309. The number of carbonyl (C=O) groups excluding carboxylic acids is 2. The SMILES string of the molecule is CC(CS(C)(=O)=O)N1CC(=O)NC2(CCCC2)C1=O. The lowest BCUT2D eigenvalue weighted by atomic mass is 9.92. The Labute approximate surface area is 113 Å². The molecule has 0 bridgehead atoms. The maximum atomic E-state index is 12.5. The molecule has 2 fully saturated rings. The standard InChI is InChI=1S/C12H20N2O4S/c1-9(8-19(2,17)18)14-7-10(15)13-12(11(14)16)5-3-4-6-12/h9H,3-8H2,1-2H3,(H,13,15). The third kappa shape index (κ3) is 2.91. The first-order valence-electron chi connectivity index (χ1n) is 6.53. The van der Waals surface area contributed by atoms with Gasteiger partial charge in [0.2, 0.25) is 11.8 Å². The van der Waals surface area contributed by atoms with Crippen LogP contribution in [0.3, 0.4) is 0 Å². The Morgan fingerprint density at radius 1 is 1.32 bits per heavy atom. The number of carbonyl (C=O) groups is 2. The lowest BCUT2D eigenvalue weighted by Crippen LogP contribution is -2.67. The highest BCUT2D eigenvalue weighted by Crippen LogP contribution is 2.33. The number of hydrogen-bond donors (Lipinski definition) is 1. The Kier molecular flexibility index (Phi) is 3.59. The Hall–Kier alpha value is -1.11. The van der Waals surface area contributed by atoms with Crippen LogP contribution in [-0.4, -0.2) is 55.3 Å². The summed E-state index contributed by atoms with van der Waals surface area (Å²) in [5.41, 5.74) is -0.777. The first-order chi connectivity index (χ1) is 8.73. The second kappa shape index (κ2) is 4.77. The van der Waals surface area contributed by atoms with Crippen molar-refractivity contribution in [2.24, 2.45) is 0 Å². The van der Waals surface area contributed by atoms with Crippen LogP contribution in [0.15, 0.2) is 0 Å². The van der Waals surface area contributed by atoms with Crippen molar-refractivity contribution in [3.63, 3.8) is 0 Å². The van der Waals surface area contributed by atoms with Crippen molar-refractivity contribution in [1.29, 1.82) is 0 Å². The molecular formula is C12H20N2O4S. The summed E-state index contributed by atoms with van der Waals surface area (Å²) < 4.78 is 22.7. The van der Waals surface area contributed by atoms with E-state index in [4.69, 9.17) is 0 Å². The van der Waals surface area contributed by atoms with Gasteiger partial charge in [0.15, 0.2) is 0 Å². The van der Waals surface area contributed by atoms with Crippen molar-refractivity contribution in [3.8, 4) is 0 Å². The summed E-state index contributed by atoms with van der Waals surface area (Å²) in [6.45, 7) is 1.64. The molecule has 1 heterocycles. The zero-order valence-corrected chi connectivity index (χ0v) is 12.1. The molecule has 0 aromatic carbocycles. The third-order valence-corrected chi connectivity index (χ3v) is 4.98. The molecule has 6 nitrogen and oxygen atoms in total. The van der Waals surface area contributed by atoms with Crippen molar-refractivity contribution in [2.75, 3.05) is 18.6 Å². The summed E-state index contributed by atoms with van der Waals surface area (Å²) >= 11 is 0. The molecule has 7 heteroatoms. The highest BCUT2D eigenvalue weighted by atomic mass is 32.2. The topological polar surface area (TPSA) is 83.6 Å². The number of rotatable bonds is 3. The van der Waals surface area contributed by atoms with Gasteiger partial charge in [-0.2, -0.15) is 0 Å². The smallest absolute Gasteiger partial charge is 0.249 e. The quantitative estimate of drug-likeness (QED) is 0.772. The van der Waals surface area contributed by atoms with E-state index in [-0.39, 0.29) is 24.1 Å². The van der Waals surface area contributed by atoms with Gasteiger partial charge in [0.05, 0.1) is 12.3 Å². The highest BCUT2D eigenvalue weighted by Gasteiger charge is 2.49. The second-order valence-electron chi connectivity index (χ2n) is 5.71. The summed E-state index contributed by atoms with van der Waals surface area (Å²) in [4.78, 5) is 25.8. The van der Waals surface area contributed by atoms with Gasteiger partial charge < -0.3 is 10.2 Å². The van der Waals surface area contributed by atoms with Crippen LogP contribution in [0.4, 0.5) is 0 Å². The predicted molar refractivity (Wildman–Crippen MR) is 70.2 cm³/mol. The summed E-state index contributed by atoms with van der Waals surface area (Å²) in [5.74, 6) is -0.426. The molecule has 1 unspecified atom stereocenters. The van der Waals surface area contributed by atoms with Crippen LogP contribution in [0, 0.1) is 0 Å². The van der Waals surface area contributed by atoms with Gasteiger partial charge in [0, 0.05) is 12.3 Å². The zero-order valence-electron chi connectivity index (χ0n) is 11.3. The van der Waals surface area contributed by atoms with Gasteiger partial charge in [-0.1, -0.05) is 12.8 Å². The van der Waals surface area contributed by atoms with Crippen molar-refractivity contribution in [1.82, 2.24) is 10.2 Å². The fraction of sp³-hybridized carbons (Fsp3) is 0.833. The van der Waals surface area contributed by atoms with Gasteiger partial charge in [-0.25, -0.2) is 8.42 Å². The van der Waals surface area contributed by atoms with E-state index < -0.39 is 21.4 Å². The van der Waals surface area contributed by atoms with Gasteiger partial charge >= 0.3 is 0 Å². The largest absolute Gasteiger partial charge is 0.340 e. The fourth-order valence-electron chi connectivity index (χ4n) is 3.06. The molecule has 108 valence electrons. The Morgan fingerprint density at radius 2 is 1.89 bits per heavy atom. The number of nitrogens with zero attached hydrogens (tertiary/aromatic N) is 1. The van der Waals surface area contributed by atoms with Crippen LogP contribution in [0.5, 0.6) is 0 Å². The Bertz CT molecular complexity index is 494. The van der Waals surface area contributed by atoms with Gasteiger partial charge in [-0.3, -0.25) is 9.59 Å². The minimum absolute atomic E-state index is 0.0444. The van der Waals surface area contributed by atoms with Crippen molar-refractivity contribution in [3.05, 3.63) is 0 Å². The molecular weight excluding hydrogens is 268 g/mol. The second-order valence-corrected chi connectivity index (χ2v) is 7.90. The van der Waals surface area contributed by atoms with Gasteiger partial charge in [-0.05, 0) is 19.8 Å². The molecule has 1 spiro atoms. The molecule has 1 saturated heterocycles.